The van der Waals surface area contributed by atoms with Gasteiger partial charge in [-0.3, -0.25) is 13.8 Å². The van der Waals surface area contributed by atoms with Crippen LogP contribution in [0.4, 0.5) is 0 Å². The fourth-order valence-electron chi connectivity index (χ4n) is 4.94. The SMILES string of the molecule is CC/C=C\C/C=C\C/C=C\C/C=C\C/C=C\C/C=C\CCC(=O)NC(COP(=O)(O)OCC[N+](C)(C)C)C(O)/C=C/CCCCCCCCCCC. The molecule has 298 valence electrons. The zero-order chi connectivity index (χ0) is 38.6. The average molecular weight is 748 g/mol. The molecule has 3 unspecified atom stereocenters. The molecular weight excluding hydrogens is 671 g/mol. The predicted octanol–water partition coefficient (Wildman–Crippen LogP) is 10.6. The molecule has 0 radical (unpaired) electrons. The van der Waals surface area contributed by atoms with Crippen molar-refractivity contribution >= 4 is 13.7 Å². The Bertz CT molecular complexity index is 1120. The maximum Gasteiger partial charge on any atom is 0.472 e. The van der Waals surface area contributed by atoms with E-state index in [4.69, 9.17) is 9.05 Å². The Hall–Kier alpha value is -2.32. The molecule has 0 rings (SSSR count). The molecule has 1 amide bonds. The topological polar surface area (TPSA) is 105 Å². The summed E-state index contributed by atoms with van der Waals surface area (Å²) in [5, 5.41) is 13.7. The van der Waals surface area contributed by atoms with Gasteiger partial charge in [0.15, 0.2) is 0 Å². The van der Waals surface area contributed by atoms with E-state index >= 15 is 0 Å². The van der Waals surface area contributed by atoms with Crippen LogP contribution in [0.5, 0.6) is 0 Å². The maximum absolute atomic E-state index is 12.8. The van der Waals surface area contributed by atoms with Crippen molar-refractivity contribution in [1.82, 2.24) is 5.32 Å². The Morgan fingerprint density at radius 1 is 0.673 bits per heavy atom. The first-order valence-electron chi connectivity index (χ1n) is 20.0. The van der Waals surface area contributed by atoms with Gasteiger partial charge in [-0.15, -0.1) is 0 Å². The van der Waals surface area contributed by atoms with Crippen LogP contribution in [0.1, 0.15) is 129 Å². The van der Waals surface area contributed by atoms with Gasteiger partial charge < -0.3 is 19.8 Å². The summed E-state index contributed by atoms with van der Waals surface area (Å²) in [4.78, 5) is 23.0. The van der Waals surface area contributed by atoms with Gasteiger partial charge in [0.25, 0.3) is 0 Å². The van der Waals surface area contributed by atoms with E-state index < -0.39 is 20.0 Å². The highest BCUT2D eigenvalue weighted by Gasteiger charge is 2.27. The van der Waals surface area contributed by atoms with E-state index in [2.05, 4.69) is 79.9 Å². The van der Waals surface area contributed by atoms with E-state index in [1.807, 2.05) is 39.4 Å². The number of rotatable bonds is 34. The first kappa shape index (κ1) is 49.7. The molecule has 9 heteroatoms. The van der Waals surface area contributed by atoms with Crippen molar-refractivity contribution in [2.75, 3.05) is 40.9 Å². The van der Waals surface area contributed by atoms with Gasteiger partial charge in [0.1, 0.15) is 13.2 Å². The van der Waals surface area contributed by atoms with Crippen LogP contribution in [0.3, 0.4) is 0 Å². The van der Waals surface area contributed by atoms with Crippen LogP contribution in [0.2, 0.25) is 0 Å². The molecule has 0 aliphatic rings. The zero-order valence-electron chi connectivity index (χ0n) is 33.5. The van der Waals surface area contributed by atoms with Crippen LogP contribution < -0.4 is 5.32 Å². The first-order valence-corrected chi connectivity index (χ1v) is 21.5. The molecule has 0 saturated heterocycles. The number of carbonyl (C=O) groups is 1. The molecule has 0 spiro atoms. The van der Waals surface area contributed by atoms with Crippen molar-refractivity contribution in [3.05, 3.63) is 85.1 Å². The Morgan fingerprint density at radius 3 is 1.65 bits per heavy atom. The van der Waals surface area contributed by atoms with Gasteiger partial charge in [-0.2, -0.15) is 0 Å². The summed E-state index contributed by atoms with van der Waals surface area (Å²) in [5.41, 5.74) is 0. The van der Waals surface area contributed by atoms with E-state index in [0.29, 0.717) is 17.4 Å². The van der Waals surface area contributed by atoms with Crippen molar-refractivity contribution in [1.29, 1.82) is 0 Å². The lowest BCUT2D eigenvalue weighted by atomic mass is 10.1. The molecule has 52 heavy (non-hydrogen) atoms. The minimum absolute atomic E-state index is 0.0431. The molecule has 0 saturated carbocycles. The average Bonchev–Trinajstić information content (AvgIpc) is 3.09. The number of hydrogen-bond acceptors (Lipinski definition) is 5. The second kappa shape index (κ2) is 34.4. The predicted molar refractivity (Wildman–Crippen MR) is 221 cm³/mol. The molecule has 0 aromatic rings. The number of likely N-dealkylation sites (N-methyl/N-ethyl adjacent to an activating group) is 1. The molecule has 3 N–H and O–H groups in total. The Kier molecular flexibility index (Phi) is 32.9. The molecule has 0 heterocycles. The number of phosphoric ester groups is 1. The third kappa shape index (κ3) is 36.1. The Morgan fingerprint density at radius 2 is 1.15 bits per heavy atom. The van der Waals surface area contributed by atoms with Crippen LogP contribution in [-0.2, 0) is 18.4 Å². The summed E-state index contributed by atoms with van der Waals surface area (Å²) in [7, 11) is 1.51. The highest BCUT2D eigenvalue weighted by atomic mass is 31.2. The summed E-state index contributed by atoms with van der Waals surface area (Å²) in [5.74, 6) is -0.266. The summed E-state index contributed by atoms with van der Waals surface area (Å²) in [6.07, 6.45) is 46.6. The molecule has 0 bridgehead atoms. The molecule has 0 aromatic heterocycles. The third-order valence-electron chi connectivity index (χ3n) is 8.13. The van der Waals surface area contributed by atoms with E-state index in [0.717, 1.165) is 57.8 Å². The van der Waals surface area contributed by atoms with Crippen molar-refractivity contribution in [3.63, 3.8) is 0 Å². The molecule has 3 atom stereocenters. The summed E-state index contributed by atoms with van der Waals surface area (Å²) >= 11 is 0. The number of aliphatic hydroxyl groups is 1. The minimum atomic E-state index is -4.36. The van der Waals surface area contributed by atoms with Crippen LogP contribution in [0.25, 0.3) is 0 Å². The van der Waals surface area contributed by atoms with Gasteiger partial charge in [-0.25, -0.2) is 4.57 Å². The normalized spacial score (nSPS) is 15.4. The van der Waals surface area contributed by atoms with Crippen molar-refractivity contribution in [2.24, 2.45) is 0 Å². The fraction of sp³-hybridized carbons (Fsp3) is 0.651. The largest absolute Gasteiger partial charge is 0.472 e. The van der Waals surface area contributed by atoms with Gasteiger partial charge in [-0.1, -0.05) is 150 Å². The highest BCUT2D eigenvalue weighted by Crippen LogP contribution is 2.43. The van der Waals surface area contributed by atoms with Crippen LogP contribution in [0, 0.1) is 0 Å². The number of aliphatic hydroxyl groups excluding tert-OH is 1. The monoisotopic (exact) mass is 748 g/mol. The van der Waals surface area contributed by atoms with Crippen LogP contribution in [-0.4, -0.2) is 73.4 Å². The van der Waals surface area contributed by atoms with E-state index in [9.17, 15) is 19.4 Å². The molecule has 0 aliphatic carbocycles. The van der Waals surface area contributed by atoms with Gasteiger partial charge in [0.2, 0.25) is 5.91 Å². The van der Waals surface area contributed by atoms with Gasteiger partial charge >= 0.3 is 7.82 Å². The zero-order valence-corrected chi connectivity index (χ0v) is 34.4. The lowest BCUT2D eigenvalue weighted by Gasteiger charge is -2.25. The standard InChI is InChI=1S/C43H75N2O6P/c1-6-8-10-12-14-16-18-19-20-21-22-23-24-25-27-29-31-33-35-37-43(47)44-41(40-51-52(48,49)50-39-38-45(3,4)5)42(46)36-34-32-30-28-26-17-15-13-11-9-7-2/h8,10,14,16,19-20,22-23,25,27,31,33-34,36,41-42,46H,6-7,9,11-13,15,17-18,21,24,26,28-30,32,35,37-40H2,1-5H3,(H-,44,47,48,49)/p+1/b10-8-,16-14-,20-19-,23-22-,27-25-,33-31-,36-34+. The molecule has 8 nitrogen and oxygen atoms in total. The first-order chi connectivity index (χ1) is 25.0. The Labute approximate surface area is 318 Å². The van der Waals surface area contributed by atoms with Gasteiger partial charge in [0, 0.05) is 6.42 Å². The van der Waals surface area contributed by atoms with Gasteiger partial charge in [-0.05, 0) is 57.8 Å². The van der Waals surface area contributed by atoms with Crippen LogP contribution >= 0.6 is 7.82 Å². The highest BCUT2D eigenvalue weighted by molar-refractivity contribution is 7.47. The lowest BCUT2D eigenvalue weighted by molar-refractivity contribution is -0.870. The van der Waals surface area contributed by atoms with Crippen LogP contribution in [0.15, 0.2) is 85.1 Å². The number of unbranched alkanes of at least 4 members (excludes halogenated alkanes) is 9. The molecular formula is C43H76N2O6P+. The number of nitrogens with zero attached hydrogens (tertiary/aromatic N) is 1. The Balaban J connectivity index is 4.64. The minimum Gasteiger partial charge on any atom is -0.387 e. The van der Waals surface area contributed by atoms with E-state index in [1.165, 1.54) is 44.9 Å². The van der Waals surface area contributed by atoms with Gasteiger partial charge in [0.05, 0.1) is 39.9 Å². The second-order valence-electron chi connectivity index (χ2n) is 14.3. The number of amides is 1. The summed E-state index contributed by atoms with van der Waals surface area (Å²) in [6.45, 7) is 4.59. The van der Waals surface area contributed by atoms with Crippen molar-refractivity contribution < 1.29 is 32.9 Å². The number of phosphoric acid groups is 1. The van der Waals surface area contributed by atoms with E-state index in [1.54, 1.807) is 6.08 Å². The number of hydrogen-bond donors (Lipinski definition) is 3. The third-order valence-corrected chi connectivity index (χ3v) is 9.12. The maximum atomic E-state index is 12.8. The van der Waals surface area contributed by atoms with E-state index in [-0.39, 0.29) is 25.5 Å². The number of carbonyl (C=O) groups excluding carboxylic acids is 1. The number of allylic oxidation sites excluding steroid dienone is 13. The lowest BCUT2D eigenvalue weighted by Crippen LogP contribution is -2.45. The number of nitrogens with one attached hydrogen (secondary N) is 1. The summed E-state index contributed by atoms with van der Waals surface area (Å²) in [6, 6.07) is -0.889. The number of quaternary nitrogens is 1. The second-order valence-corrected chi connectivity index (χ2v) is 15.7. The fourth-order valence-corrected chi connectivity index (χ4v) is 5.68. The molecule has 0 fully saturated rings. The quantitative estimate of drug-likeness (QED) is 0.0262. The van der Waals surface area contributed by atoms with Crippen molar-refractivity contribution in [2.45, 2.75) is 142 Å². The summed E-state index contributed by atoms with van der Waals surface area (Å²) < 4.78 is 23.4. The molecule has 0 aromatic carbocycles. The van der Waals surface area contributed by atoms with Crippen molar-refractivity contribution in [3.8, 4) is 0 Å². The molecule has 0 aliphatic heterocycles. The smallest absolute Gasteiger partial charge is 0.387 e.